The molecular formula is C20H27F3N2O4S. The van der Waals surface area contributed by atoms with E-state index in [1.165, 1.54) is 24.3 Å². The number of piperidine rings is 1. The van der Waals surface area contributed by atoms with Gasteiger partial charge in [-0.25, -0.2) is 4.79 Å². The van der Waals surface area contributed by atoms with Gasteiger partial charge in [0.2, 0.25) is 5.91 Å². The average Bonchev–Trinajstić information content (AvgIpc) is 3.36. The second-order valence-corrected chi connectivity index (χ2v) is 9.09. The number of likely N-dealkylation sites (tertiary alicyclic amines) is 1. The zero-order valence-electron chi connectivity index (χ0n) is 16.6. The largest absolute Gasteiger partial charge is 0.490 e. The number of hydrogen-bond acceptors (Lipinski definition) is 5. The van der Waals surface area contributed by atoms with Gasteiger partial charge in [0.25, 0.3) is 0 Å². The molecule has 1 aromatic heterocycles. The lowest BCUT2D eigenvalue weighted by molar-refractivity contribution is -0.192. The van der Waals surface area contributed by atoms with Crippen LogP contribution in [-0.2, 0) is 20.9 Å². The van der Waals surface area contributed by atoms with E-state index in [9.17, 15) is 18.0 Å². The van der Waals surface area contributed by atoms with E-state index in [1.807, 2.05) is 6.07 Å². The van der Waals surface area contributed by atoms with Gasteiger partial charge in [0, 0.05) is 43.0 Å². The van der Waals surface area contributed by atoms with Crippen LogP contribution in [0.3, 0.4) is 0 Å². The van der Waals surface area contributed by atoms with Crippen LogP contribution in [0.1, 0.15) is 30.6 Å². The van der Waals surface area contributed by atoms with Crippen LogP contribution < -0.4 is 5.32 Å². The van der Waals surface area contributed by atoms with Crippen LogP contribution in [0.25, 0.3) is 0 Å². The molecule has 0 spiro atoms. The quantitative estimate of drug-likeness (QED) is 0.724. The van der Waals surface area contributed by atoms with Crippen molar-refractivity contribution in [2.24, 2.45) is 17.8 Å². The van der Waals surface area contributed by atoms with Gasteiger partial charge < -0.3 is 20.1 Å². The first-order valence-corrected chi connectivity index (χ1v) is 11.1. The number of carbonyl (C=O) groups is 2. The minimum Gasteiger partial charge on any atom is -0.475 e. The number of fused-ring (bicyclic) bond motifs is 1. The van der Waals surface area contributed by atoms with Crippen molar-refractivity contribution in [1.82, 2.24) is 10.2 Å². The molecule has 3 aliphatic rings. The number of amides is 1. The molecule has 10 heteroatoms. The highest BCUT2D eigenvalue weighted by Crippen LogP contribution is 2.36. The molecule has 0 radical (unpaired) electrons. The van der Waals surface area contributed by atoms with Crippen molar-refractivity contribution in [3.05, 3.63) is 22.4 Å². The van der Waals surface area contributed by atoms with Gasteiger partial charge >= 0.3 is 12.1 Å². The van der Waals surface area contributed by atoms with Crippen molar-refractivity contribution in [3.63, 3.8) is 0 Å². The number of ether oxygens (including phenoxy) is 1. The Balaban J connectivity index is 0.000000318. The van der Waals surface area contributed by atoms with Gasteiger partial charge in [0.1, 0.15) is 0 Å². The van der Waals surface area contributed by atoms with E-state index in [2.05, 4.69) is 21.7 Å². The van der Waals surface area contributed by atoms with Crippen LogP contribution in [-0.4, -0.2) is 60.4 Å². The maximum Gasteiger partial charge on any atom is 0.490 e. The molecule has 2 N–H and O–H groups in total. The molecular weight excluding hydrogens is 421 g/mol. The molecule has 0 aromatic carbocycles. The molecule has 30 heavy (non-hydrogen) atoms. The van der Waals surface area contributed by atoms with Gasteiger partial charge in [-0.2, -0.15) is 13.2 Å². The fourth-order valence-corrected chi connectivity index (χ4v) is 4.70. The fourth-order valence-electron chi connectivity index (χ4n) is 4.06. The summed E-state index contributed by atoms with van der Waals surface area (Å²) < 4.78 is 37.7. The number of aliphatic carboxylic acids is 1. The first-order chi connectivity index (χ1) is 14.2. The Morgan fingerprint density at radius 3 is 2.60 bits per heavy atom. The smallest absolute Gasteiger partial charge is 0.475 e. The van der Waals surface area contributed by atoms with Crippen LogP contribution in [0.2, 0.25) is 0 Å². The number of alkyl halides is 3. The van der Waals surface area contributed by atoms with E-state index < -0.39 is 12.1 Å². The lowest BCUT2D eigenvalue weighted by Crippen LogP contribution is -2.53. The Hall–Kier alpha value is -1.65. The van der Waals surface area contributed by atoms with E-state index in [1.54, 1.807) is 11.3 Å². The summed E-state index contributed by atoms with van der Waals surface area (Å²) >= 11 is 1.70. The molecule has 168 valence electrons. The molecule has 1 amide bonds. The van der Waals surface area contributed by atoms with Crippen LogP contribution in [0.4, 0.5) is 13.2 Å². The Bertz CT molecular complexity index is 709. The Morgan fingerprint density at radius 1 is 1.27 bits per heavy atom. The first-order valence-electron chi connectivity index (χ1n) is 10.2. The maximum absolute atomic E-state index is 12.7. The van der Waals surface area contributed by atoms with Crippen LogP contribution in [0.5, 0.6) is 0 Å². The summed E-state index contributed by atoms with van der Waals surface area (Å²) in [5.41, 5.74) is 0. The molecule has 3 heterocycles. The SMILES string of the molecule is O=C(NCc1cccs1)[C@@H]1CCO[C@@H]2CCN(CC3CC3)C[C@@H]21.O=C(O)C(F)(F)F. The summed E-state index contributed by atoms with van der Waals surface area (Å²) in [7, 11) is 0. The topological polar surface area (TPSA) is 78.9 Å². The lowest BCUT2D eigenvalue weighted by Gasteiger charge is -2.44. The van der Waals surface area contributed by atoms with Crippen molar-refractivity contribution >= 4 is 23.2 Å². The number of hydrogen-bond donors (Lipinski definition) is 2. The van der Waals surface area contributed by atoms with E-state index >= 15 is 0 Å². The minimum absolute atomic E-state index is 0.121. The number of halogens is 3. The summed E-state index contributed by atoms with van der Waals surface area (Å²) in [4.78, 5) is 25.4. The Kier molecular flexibility index (Phi) is 7.75. The predicted octanol–water partition coefficient (Wildman–Crippen LogP) is 3.13. The molecule has 4 rings (SSSR count). The summed E-state index contributed by atoms with van der Waals surface area (Å²) in [6.07, 6.45) is -0.0463. The standard InChI is InChI=1S/C18H26N2O2S.C2HF3O2/c21-18(19-10-14-2-1-9-23-14)15-6-8-22-17-5-7-20(12-16(15)17)11-13-3-4-13;3-2(4,5)1(6)7/h1-2,9,13,15-17H,3-8,10-12H2,(H,19,21);(H,6,7)/t15-,16-,17-;/m1./s1. The highest BCUT2D eigenvalue weighted by molar-refractivity contribution is 7.09. The third-order valence-corrected chi connectivity index (χ3v) is 6.64. The molecule has 6 nitrogen and oxygen atoms in total. The van der Waals surface area contributed by atoms with Gasteiger partial charge in [-0.05, 0) is 43.0 Å². The van der Waals surface area contributed by atoms with Crippen molar-refractivity contribution in [3.8, 4) is 0 Å². The normalized spacial score (nSPS) is 26.8. The van der Waals surface area contributed by atoms with Gasteiger partial charge in [-0.3, -0.25) is 4.79 Å². The van der Waals surface area contributed by atoms with Crippen LogP contribution >= 0.6 is 11.3 Å². The average molecular weight is 449 g/mol. The molecule has 2 aliphatic heterocycles. The van der Waals surface area contributed by atoms with E-state index in [-0.39, 0.29) is 17.9 Å². The number of rotatable bonds is 5. The fraction of sp³-hybridized carbons (Fsp3) is 0.700. The van der Waals surface area contributed by atoms with Crippen LogP contribution in [0, 0.1) is 17.8 Å². The number of nitrogens with one attached hydrogen (secondary N) is 1. The monoisotopic (exact) mass is 448 g/mol. The molecule has 1 saturated carbocycles. The van der Waals surface area contributed by atoms with Crippen molar-refractivity contribution in [2.45, 2.75) is 44.5 Å². The number of nitrogens with zero attached hydrogens (tertiary/aromatic N) is 1. The van der Waals surface area contributed by atoms with Crippen molar-refractivity contribution in [2.75, 3.05) is 26.2 Å². The number of carbonyl (C=O) groups excluding carboxylic acids is 1. The number of thiophene rings is 1. The summed E-state index contributed by atoms with van der Waals surface area (Å²) in [6, 6.07) is 4.11. The van der Waals surface area contributed by atoms with E-state index in [0.717, 1.165) is 38.5 Å². The second-order valence-electron chi connectivity index (χ2n) is 8.06. The van der Waals surface area contributed by atoms with Crippen molar-refractivity contribution < 1.29 is 32.6 Å². The van der Waals surface area contributed by atoms with Gasteiger partial charge in [-0.15, -0.1) is 11.3 Å². The second kappa shape index (κ2) is 10.1. The summed E-state index contributed by atoms with van der Waals surface area (Å²) in [6.45, 7) is 4.81. The maximum atomic E-state index is 12.7. The Morgan fingerprint density at radius 2 is 2.00 bits per heavy atom. The number of carboxylic acids is 1. The first kappa shape index (κ1) is 23.0. The predicted molar refractivity (Wildman–Crippen MR) is 105 cm³/mol. The van der Waals surface area contributed by atoms with Crippen molar-refractivity contribution in [1.29, 1.82) is 0 Å². The van der Waals surface area contributed by atoms with Gasteiger partial charge in [0.15, 0.2) is 0 Å². The molecule has 3 fully saturated rings. The Labute approximate surface area is 177 Å². The molecule has 0 bridgehead atoms. The van der Waals surface area contributed by atoms with Crippen LogP contribution in [0.15, 0.2) is 17.5 Å². The molecule has 2 saturated heterocycles. The highest BCUT2D eigenvalue weighted by Gasteiger charge is 2.42. The zero-order valence-corrected chi connectivity index (χ0v) is 17.4. The van der Waals surface area contributed by atoms with Gasteiger partial charge in [0.05, 0.1) is 12.6 Å². The van der Waals surface area contributed by atoms with Gasteiger partial charge in [-0.1, -0.05) is 6.07 Å². The zero-order chi connectivity index (χ0) is 21.7. The molecule has 0 unspecified atom stereocenters. The summed E-state index contributed by atoms with van der Waals surface area (Å²) in [5, 5.41) is 12.3. The highest BCUT2D eigenvalue weighted by atomic mass is 32.1. The third-order valence-electron chi connectivity index (χ3n) is 5.76. The molecule has 3 atom stereocenters. The number of carboxylic acid groups (broad SMARTS) is 1. The minimum atomic E-state index is -5.08. The van der Waals surface area contributed by atoms with E-state index in [0.29, 0.717) is 12.5 Å². The molecule has 1 aliphatic carbocycles. The third kappa shape index (κ3) is 6.68. The summed E-state index contributed by atoms with van der Waals surface area (Å²) in [5.74, 6) is -1.12. The lowest BCUT2D eigenvalue weighted by atomic mass is 9.79. The molecule has 1 aromatic rings. The van der Waals surface area contributed by atoms with E-state index in [4.69, 9.17) is 14.6 Å².